The van der Waals surface area contributed by atoms with Crippen molar-refractivity contribution in [1.82, 2.24) is 25.5 Å². The third-order valence-electron chi connectivity index (χ3n) is 4.21. The average Bonchev–Trinajstić information content (AvgIpc) is 3.30. The normalized spacial score (nSPS) is 11.4. The van der Waals surface area contributed by atoms with E-state index in [1.807, 2.05) is 30.3 Å². The average molecular weight is 408 g/mol. The molecule has 3 rings (SSSR count). The van der Waals surface area contributed by atoms with Crippen LogP contribution < -0.4 is 10.6 Å². The highest BCUT2D eigenvalue weighted by molar-refractivity contribution is 5.97. The molecule has 0 fully saturated rings. The molecular formula is C20H20N6O4. The summed E-state index contributed by atoms with van der Waals surface area (Å²) in [5, 5.41) is 16.0. The van der Waals surface area contributed by atoms with Gasteiger partial charge in [0.25, 0.3) is 11.8 Å². The van der Waals surface area contributed by atoms with E-state index in [0.717, 1.165) is 5.56 Å². The monoisotopic (exact) mass is 408 g/mol. The van der Waals surface area contributed by atoms with Crippen LogP contribution in [0.2, 0.25) is 0 Å². The molecule has 2 aromatic carbocycles. The van der Waals surface area contributed by atoms with Crippen LogP contribution in [0.4, 0.5) is 5.69 Å². The van der Waals surface area contributed by atoms with Crippen LogP contribution in [0.1, 0.15) is 22.0 Å². The summed E-state index contributed by atoms with van der Waals surface area (Å²) in [4.78, 5) is 36.5. The first-order chi connectivity index (χ1) is 14.6. The molecule has 154 valence electrons. The predicted molar refractivity (Wildman–Crippen MR) is 106 cm³/mol. The molecule has 0 saturated carbocycles. The number of hydrogen-bond acceptors (Lipinski definition) is 7. The van der Waals surface area contributed by atoms with Crippen molar-refractivity contribution >= 4 is 23.5 Å². The van der Waals surface area contributed by atoms with Crippen LogP contribution in [0, 0.1) is 0 Å². The number of carbonyl (C=O) groups excluding carboxylic acids is 3. The SMILES string of the molecule is CNC(=O)c1cccc(NC(=O)COC(=O)[C@H](Cc2ccccc2)n2cnnn2)c1. The number of rotatable bonds is 8. The highest BCUT2D eigenvalue weighted by atomic mass is 16.5. The smallest absolute Gasteiger partial charge is 0.331 e. The maximum Gasteiger partial charge on any atom is 0.331 e. The zero-order chi connectivity index (χ0) is 21.3. The van der Waals surface area contributed by atoms with E-state index in [1.54, 1.807) is 18.2 Å². The number of aromatic nitrogens is 4. The van der Waals surface area contributed by atoms with Gasteiger partial charge < -0.3 is 15.4 Å². The molecule has 2 amide bonds. The van der Waals surface area contributed by atoms with Gasteiger partial charge in [0.1, 0.15) is 6.33 Å². The maximum absolute atomic E-state index is 12.6. The highest BCUT2D eigenvalue weighted by Crippen LogP contribution is 2.15. The summed E-state index contributed by atoms with van der Waals surface area (Å²) in [7, 11) is 1.52. The lowest BCUT2D eigenvalue weighted by atomic mass is 10.1. The van der Waals surface area contributed by atoms with Crippen molar-refractivity contribution in [1.29, 1.82) is 0 Å². The van der Waals surface area contributed by atoms with Gasteiger partial charge >= 0.3 is 5.97 Å². The summed E-state index contributed by atoms with van der Waals surface area (Å²) in [5.41, 5.74) is 1.71. The number of nitrogens with one attached hydrogen (secondary N) is 2. The summed E-state index contributed by atoms with van der Waals surface area (Å²) in [6.07, 6.45) is 1.62. The second kappa shape index (κ2) is 9.92. The molecule has 0 aliphatic heterocycles. The number of amides is 2. The van der Waals surface area contributed by atoms with E-state index in [1.165, 1.54) is 24.1 Å². The number of hydrogen-bond donors (Lipinski definition) is 2. The molecule has 10 nitrogen and oxygen atoms in total. The lowest BCUT2D eigenvalue weighted by Crippen LogP contribution is -2.28. The van der Waals surface area contributed by atoms with Crippen molar-refractivity contribution in [3.63, 3.8) is 0 Å². The Morgan fingerprint density at radius 3 is 2.60 bits per heavy atom. The van der Waals surface area contributed by atoms with Gasteiger partial charge in [0.15, 0.2) is 12.6 Å². The van der Waals surface area contributed by atoms with Gasteiger partial charge in [0.2, 0.25) is 0 Å². The molecule has 0 aliphatic carbocycles. The second-order valence-electron chi connectivity index (χ2n) is 6.31. The van der Waals surface area contributed by atoms with Gasteiger partial charge in [-0.15, -0.1) is 5.10 Å². The molecule has 0 aliphatic rings. The van der Waals surface area contributed by atoms with Gasteiger partial charge in [0, 0.05) is 24.7 Å². The number of anilines is 1. The molecule has 2 N–H and O–H groups in total. The Labute approximate surface area is 172 Å². The van der Waals surface area contributed by atoms with Crippen molar-refractivity contribution in [2.45, 2.75) is 12.5 Å². The fourth-order valence-corrected chi connectivity index (χ4v) is 2.75. The lowest BCUT2D eigenvalue weighted by Gasteiger charge is -2.15. The first kappa shape index (κ1) is 20.6. The van der Waals surface area contributed by atoms with E-state index in [4.69, 9.17) is 4.74 Å². The number of ether oxygens (including phenoxy) is 1. The fraction of sp³-hybridized carbons (Fsp3) is 0.200. The first-order valence-corrected chi connectivity index (χ1v) is 9.12. The Morgan fingerprint density at radius 2 is 1.90 bits per heavy atom. The number of carbonyl (C=O) groups is 3. The molecule has 0 spiro atoms. The van der Waals surface area contributed by atoms with Crippen LogP contribution >= 0.6 is 0 Å². The van der Waals surface area contributed by atoms with E-state index < -0.39 is 24.5 Å². The lowest BCUT2D eigenvalue weighted by molar-refractivity contribution is -0.151. The summed E-state index contributed by atoms with van der Waals surface area (Å²) < 4.78 is 6.48. The molecule has 0 unspecified atom stereocenters. The maximum atomic E-state index is 12.6. The van der Waals surface area contributed by atoms with Gasteiger partial charge in [-0.05, 0) is 34.2 Å². The minimum Gasteiger partial charge on any atom is -0.454 e. The van der Waals surface area contributed by atoms with Crippen LogP contribution in [0.15, 0.2) is 60.9 Å². The Kier molecular flexibility index (Phi) is 6.83. The number of nitrogens with zero attached hydrogens (tertiary/aromatic N) is 4. The molecule has 0 saturated heterocycles. The fourth-order valence-electron chi connectivity index (χ4n) is 2.75. The van der Waals surface area contributed by atoms with Crippen molar-refractivity contribution in [2.24, 2.45) is 0 Å². The summed E-state index contributed by atoms with van der Waals surface area (Å²) in [6.45, 7) is -0.490. The molecule has 10 heteroatoms. The van der Waals surface area contributed by atoms with Gasteiger partial charge in [0.05, 0.1) is 0 Å². The predicted octanol–water partition coefficient (Wildman–Crippen LogP) is 0.998. The minimum absolute atomic E-state index is 0.275. The standard InChI is InChI=1S/C20H20N6O4/c1-21-19(28)15-8-5-9-16(11-15)23-18(27)12-30-20(29)17(26-13-22-24-25-26)10-14-6-3-2-4-7-14/h2-9,11,13,17H,10,12H2,1H3,(H,21,28)(H,23,27)/t17-/m0/s1. The van der Waals surface area contributed by atoms with Crippen LogP contribution in [0.5, 0.6) is 0 Å². The van der Waals surface area contributed by atoms with Gasteiger partial charge in [-0.2, -0.15) is 0 Å². The molecule has 0 bridgehead atoms. The Balaban J connectivity index is 1.61. The second-order valence-corrected chi connectivity index (χ2v) is 6.31. The first-order valence-electron chi connectivity index (χ1n) is 9.12. The van der Waals surface area contributed by atoms with Crippen molar-refractivity contribution in [3.8, 4) is 0 Å². The van der Waals surface area contributed by atoms with E-state index in [2.05, 4.69) is 26.2 Å². The zero-order valence-corrected chi connectivity index (χ0v) is 16.2. The van der Waals surface area contributed by atoms with Gasteiger partial charge in [-0.25, -0.2) is 9.48 Å². The van der Waals surface area contributed by atoms with Crippen molar-refractivity contribution in [2.75, 3.05) is 19.0 Å². The van der Waals surface area contributed by atoms with Gasteiger partial charge in [-0.3, -0.25) is 9.59 Å². The molecule has 1 atom stereocenters. The Bertz CT molecular complexity index is 1010. The van der Waals surface area contributed by atoms with E-state index in [-0.39, 0.29) is 5.91 Å². The molecular weight excluding hydrogens is 388 g/mol. The van der Waals surface area contributed by atoms with Crippen LogP contribution in [-0.4, -0.2) is 51.6 Å². The van der Waals surface area contributed by atoms with Crippen molar-refractivity contribution < 1.29 is 19.1 Å². The molecule has 30 heavy (non-hydrogen) atoms. The third-order valence-corrected chi connectivity index (χ3v) is 4.21. The summed E-state index contributed by atoms with van der Waals surface area (Å²) in [5.74, 6) is -1.45. The van der Waals surface area contributed by atoms with Crippen LogP contribution in [0.25, 0.3) is 0 Å². The summed E-state index contributed by atoms with van der Waals surface area (Å²) >= 11 is 0. The third kappa shape index (κ3) is 5.47. The zero-order valence-electron chi connectivity index (χ0n) is 16.2. The minimum atomic E-state index is -0.813. The van der Waals surface area contributed by atoms with E-state index >= 15 is 0 Å². The van der Waals surface area contributed by atoms with Gasteiger partial charge in [-0.1, -0.05) is 36.4 Å². The molecule has 0 radical (unpaired) electrons. The number of esters is 1. The molecule has 3 aromatic rings. The van der Waals surface area contributed by atoms with E-state index in [9.17, 15) is 14.4 Å². The number of tetrazole rings is 1. The molecule has 1 aromatic heterocycles. The van der Waals surface area contributed by atoms with Crippen LogP contribution in [0.3, 0.4) is 0 Å². The van der Waals surface area contributed by atoms with Crippen molar-refractivity contribution in [3.05, 3.63) is 72.1 Å². The topological polar surface area (TPSA) is 128 Å². The highest BCUT2D eigenvalue weighted by Gasteiger charge is 2.24. The van der Waals surface area contributed by atoms with Crippen LogP contribution in [-0.2, 0) is 20.7 Å². The number of benzene rings is 2. The quantitative estimate of drug-likeness (QED) is 0.532. The van der Waals surface area contributed by atoms with E-state index in [0.29, 0.717) is 17.7 Å². The Hall–Kier alpha value is -4.08. The Morgan fingerprint density at radius 1 is 1.10 bits per heavy atom. The molecule has 1 heterocycles. The summed E-state index contributed by atoms with van der Waals surface area (Å²) in [6, 6.07) is 14.9. The largest absolute Gasteiger partial charge is 0.454 e.